The molecule has 3 heterocycles. The smallest absolute Gasteiger partial charge is 0.228 e. The fraction of sp³-hybridized carbons (Fsp3) is 0.324. The van der Waals surface area contributed by atoms with Crippen LogP contribution in [0.5, 0.6) is 5.75 Å². The van der Waals surface area contributed by atoms with E-state index >= 15 is 0 Å². The van der Waals surface area contributed by atoms with Gasteiger partial charge >= 0.3 is 0 Å². The summed E-state index contributed by atoms with van der Waals surface area (Å²) in [6.45, 7) is 11.1. The second kappa shape index (κ2) is 8.36. The van der Waals surface area contributed by atoms with Gasteiger partial charge in [-0.15, -0.1) is 0 Å². The maximum Gasteiger partial charge on any atom is 0.228 e. The quantitative estimate of drug-likeness (QED) is 0.282. The summed E-state index contributed by atoms with van der Waals surface area (Å²) in [6, 6.07) is 28.4. The summed E-state index contributed by atoms with van der Waals surface area (Å²) >= 11 is 0. The average Bonchev–Trinajstić information content (AvgIpc) is 3.43. The van der Waals surface area contributed by atoms with E-state index in [0.717, 1.165) is 42.8 Å². The van der Waals surface area contributed by atoms with E-state index in [1.54, 1.807) is 0 Å². The maximum absolute atomic E-state index is 7.27. The number of ether oxygens (including phenoxy) is 1. The summed E-state index contributed by atoms with van der Waals surface area (Å²) in [7, 11) is 0. The summed E-state index contributed by atoms with van der Waals surface area (Å²) in [5.74, 6) is 1.46. The van der Waals surface area contributed by atoms with Crippen molar-refractivity contribution in [2.24, 2.45) is 10.9 Å². The lowest BCUT2D eigenvalue weighted by molar-refractivity contribution is 0.0770. The van der Waals surface area contributed by atoms with Gasteiger partial charge in [0.15, 0.2) is 5.75 Å². The molecule has 1 atom stereocenters. The number of para-hydroxylation sites is 2. The predicted molar refractivity (Wildman–Crippen MR) is 159 cm³/mol. The third kappa shape index (κ3) is 3.19. The molecule has 7 rings (SSSR count). The summed E-state index contributed by atoms with van der Waals surface area (Å²) in [6.07, 6.45) is 4.23. The topological polar surface area (TPSA) is 28.1 Å². The first-order chi connectivity index (χ1) is 18.4. The Bertz CT molecular complexity index is 1590. The fourth-order valence-corrected chi connectivity index (χ4v) is 6.72. The van der Waals surface area contributed by atoms with E-state index in [2.05, 4.69) is 123 Å². The molecule has 4 heteroatoms. The monoisotopic (exact) mass is 501 g/mol. The van der Waals surface area contributed by atoms with Crippen LogP contribution < -0.4 is 14.5 Å². The van der Waals surface area contributed by atoms with E-state index in [9.17, 15) is 0 Å². The van der Waals surface area contributed by atoms with Crippen molar-refractivity contribution in [3.63, 3.8) is 0 Å². The van der Waals surface area contributed by atoms with Crippen LogP contribution in [0.3, 0.4) is 0 Å². The Morgan fingerprint density at radius 2 is 1.58 bits per heavy atom. The Hall–Kier alpha value is -3.79. The van der Waals surface area contributed by atoms with Crippen LogP contribution in [-0.2, 0) is 11.8 Å². The highest BCUT2D eigenvalue weighted by atomic mass is 16.5. The van der Waals surface area contributed by atoms with E-state index in [-0.39, 0.29) is 5.41 Å². The first kappa shape index (κ1) is 23.3. The summed E-state index contributed by atoms with van der Waals surface area (Å²) in [4.78, 5) is 10.1. The first-order valence-electron chi connectivity index (χ1n) is 13.9. The predicted octanol–water partition coefficient (Wildman–Crippen LogP) is 8.17. The lowest BCUT2D eigenvalue weighted by Crippen LogP contribution is -2.62. The molecular formula is C34H35N3O. The first-order valence-corrected chi connectivity index (χ1v) is 13.9. The second-order valence-electron chi connectivity index (χ2n) is 11.9. The molecule has 0 fully saturated rings. The molecule has 4 nitrogen and oxygen atoms in total. The van der Waals surface area contributed by atoms with E-state index < -0.39 is 5.72 Å². The Balaban J connectivity index is 1.41. The Labute approximate surface area is 225 Å². The highest BCUT2D eigenvalue weighted by molar-refractivity contribution is 6.07. The van der Waals surface area contributed by atoms with Crippen molar-refractivity contribution in [1.82, 2.24) is 0 Å². The molecular weight excluding hydrogens is 466 g/mol. The molecule has 0 saturated heterocycles. The van der Waals surface area contributed by atoms with Crippen LogP contribution in [0.15, 0.2) is 83.9 Å². The van der Waals surface area contributed by atoms with Gasteiger partial charge in [0.25, 0.3) is 0 Å². The molecule has 4 aromatic rings. The van der Waals surface area contributed by atoms with Crippen LogP contribution in [-0.4, -0.2) is 25.0 Å². The van der Waals surface area contributed by atoms with Gasteiger partial charge in [0.2, 0.25) is 5.72 Å². The third-order valence-electron chi connectivity index (χ3n) is 8.87. The molecule has 3 aliphatic heterocycles. The number of nitrogens with zero attached hydrogens (tertiary/aromatic N) is 3. The van der Waals surface area contributed by atoms with E-state index in [0.29, 0.717) is 5.92 Å². The molecule has 0 amide bonds. The minimum absolute atomic E-state index is 0.284. The molecule has 192 valence electrons. The molecule has 38 heavy (non-hydrogen) atoms. The van der Waals surface area contributed by atoms with Crippen molar-refractivity contribution < 1.29 is 4.74 Å². The minimum atomic E-state index is -0.693. The number of rotatable bonds is 4. The van der Waals surface area contributed by atoms with Gasteiger partial charge < -0.3 is 14.5 Å². The molecule has 0 radical (unpaired) electrons. The van der Waals surface area contributed by atoms with Crippen LogP contribution in [0.1, 0.15) is 45.2 Å². The molecule has 3 aliphatic rings. The van der Waals surface area contributed by atoms with Crippen molar-refractivity contribution in [2.45, 2.75) is 51.7 Å². The number of hydrogen-bond donors (Lipinski definition) is 0. The van der Waals surface area contributed by atoms with Crippen molar-refractivity contribution in [2.75, 3.05) is 22.9 Å². The van der Waals surface area contributed by atoms with Gasteiger partial charge in [-0.1, -0.05) is 74.5 Å². The van der Waals surface area contributed by atoms with Gasteiger partial charge in [-0.05, 0) is 55.9 Å². The second-order valence-corrected chi connectivity index (χ2v) is 11.9. The Morgan fingerprint density at radius 1 is 0.868 bits per heavy atom. The molecule has 0 aliphatic carbocycles. The van der Waals surface area contributed by atoms with Crippen molar-refractivity contribution in [3.05, 3.63) is 90.0 Å². The number of benzene rings is 4. The zero-order valence-electron chi connectivity index (χ0n) is 22.7. The molecule has 0 aromatic heterocycles. The minimum Gasteiger partial charge on any atom is -0.459 e. The van der Waals surface area contributed by atoms with Crippen LogP contribution >= 0.6 is 0 Å². The van der Waals surface area contributed by atoms with Gasteiger partial charge in [0.05, 0.1) is 17.3 Å². The largest absolute Gasteiger partial charge is 0.459 e. The van der Waals surface area contributed by atoms with E-state index in [1.807, 2.05) is 0 Å². The summed E-state index contributed by atoms with van der Waals surface area (Å²) < 4.78 is 7.27. The van der Waals surface area contributed by atoms with Gasteiger partial charge in [-0.2, -0.15) is 0 Å². The lowest BCUT2D eigenvalue weighted by Gasteiger charge is -2.46. The summed E-state index contributed by atoms with van der Waals surface area (Å²) in [5.41, 5.74) is 6.40. The van der Waals surface area contributed by atoms with Gasteiger partial charge in [-0.25, -0.2) is 0 Å². The van der Waals surface area contributed by atoms with Crippen LogP contribution in [0, 0.1) is 5.92 Å². The van der Waals surface area contributed by atoms with Gasteiger partial charge in [-0.3, -0.25) is 4.99 Å². The SMILES string of the molecule is CC(C)CCN1c2ccccc2C(C)(C)C12C=Nc1c(cc(N3CCc4ccccc43)c3ccccc13)O2. The Kier molecular flexibility index (Phi) is 5.13. The number of hydrogen-bond acceptors (Lipinski definition) is 4. The maximum atomic E-state index is 7.27. The molecule has 0 saturated carbocycles. The summed E-state index contributed by atoms with van der Waals surface area (Å²) in [5, 5.41) is 2.35. The third-order valence-corrected chi connectivity index (χ3v) is 8.87. The highest BCUT2D eigenvalue weighted by Gasteiger charge is 2.59. The standard InChI is InChI=1S/C34H35N3O/c1-23(2)17-20-37-29-16-10-8-14-27(29)33(3,4)34(37)22-35-32-26-13-7-6-12-25(26)30(21-31(32)38-34)36-19-18-24-11-5-9-15-28(24)36/h5-16,21-23H,17-20H2,1-4H3. The van der Waals surface area contributed by atoms with Crippen LogP contribution in [0.2, 0.25) is 0 Å². The fourth-order valence-electron chi connectivity index (χ4n) is 6.72. The molecule has 1 unspecified atom stereocenters. The van der Waals surface area contributed by atoms with Gasteiger partial charge in [0.1, 0.15) is 5.69 Å². The molecule has 1 spiro atoms. The molecule has 0 bridgehead atoms. The molecule has 4 aromatic carbocycles. The van der Waals surface area contributed by atoms with Crippen molar-refractivity contribution >= 4 is 39.7 Å². The van der Waals surface area contributed by atoms with Crippen LogP contribution in [0.25, 0.3) is 10.8 Å². The van der Waals surface area contributed by atoms with Gasteiger partial charge in [0, 0.05) is 41.3 Å². The normalized spacial score (nSPS) is 20.7. The van der Waals surface area contributed by atoms with Crippen molar-refractivity contribution in [3.8, 4) is 5.75 Å². The average molecular weight is 502 g/mol. The molecule has 0 N–H and O–H groups in total. The van der Waals surface area contributed by atoms with E-state index in [4.69, 9.17) is 9.73 Å². The Morgan fingerprint density at radius 3 is 2.39 bits per heavy atom. The zero-order valence-corrected chi connectivity index (χ0v) is 22.7. The number of aliphatic imine (C=N–C) groups is 1. The number of anilines is 3. The number of fused-ring (bicyclic) bond motifs is 5. The van der Waals surface area contributed by atoms with Crippen molar-refractivity contribution in [1.29, 1.82) is 0 Å². The zero-order chi connectivity index (χ0) is 26.1. The van der Waals surface area contributed by atoms with Crippen LogP contribution in [0.4, 0.5) is 22.7 Å². The highest BCUT2D eigenvalue weighted by Crippen LogP contribution is 2.56. The lowest BCUT2D eigenvalue weighted by atomic mass is 9.77. The van der Waals surface area contributed by atoms with E-state index in [1.165, 1.54) is 33.6 Å².